The van der Waals surface area contributed by atoms with Crippen molar-refractivity contribution in [2.75, 3.05) is 18.4 Å². The first kappa shape index (κ1) is 47.1. The number of nitrogens with zero attached hydrogens (tertiary/aromatic N) is 2. The van der Waals surface area contributed by atoms with Crippen LogP contribution in [-0.4, -0.2) is 86.7 Å². The summed E-state index contributed by atoms with van der Waals surface area (Å²) < 4.78 is 27.2. The number of likely N-dealkylation sites (tertiary alicyclic amines) is 2. The van der Waals surface area contributed by atoms with Gasteiger partial charge in [-0.15, -0.1) is 0 Å². The zero-order valence-corrected chi connectivity index (χ0v) is 38.3. The standard InChI is InChI=1S/C52H58FN5O8/c1-51(2,3)65-43(60)31-37(33-15-9-7-10-16-33)48(62)58-28-14-20-41(58)47(61)54-36-24-22-35(23-25-36)45-44(53)38-29-32(21-26-39(38)55-45)30-42(59)40-19-13-27-57(40)49(63)46(34-17-11-8-12-18-34)56-50(64)66-52(4,5)6/h7-12,15-18,21-26,29,37,40-41,46,55H,13-14,19-20,27-28,30-31H2,1-6H3,(H,54,61)(H,56,64)/t37-,40-,41-,46-/m0/s1. The van der Waals surface area contributed by atoms with Crippen molar-refractivity contribution in [1.29, 1.82) is 0 Å². The molecule has 0 spiro atoms. The predicted octanol–water partition coefficient (Wildman–Crippen LogP) is 8.79. The number of aromatic amines is 1. The van der Waals surface area contributed by atoms with Crippen LogP contribution in [-0.2, 0) is 39.9 Å². The molecule has 7 rings (SSSR count). The average Bonchev–Trinajstić information content (AvgIpc) is 4.04. The molecule has 4 atom stereocenters. The summed E-state index contributed by atoms with van der Waals surface area (Å²) in [6.07, 6.45) is 1.20. The van der Waals surface area contributed by atoms with Gasteiger partial charge >= 0.3 is 12.1 Å². The number of H-pyrrole nitrogens is 1. The van der Waals surface area contributed by atoms with Gasteiger partial charge in [0.05, 0.1) is 24.1 Å². The van der Waals surface area contributed by atoms with Gasteiger partial charge in [-0.25, -0.2) is 9.18 Å². The molecule has 346 valence electrons. The van der Waals surface area contributed by atoms with Crippen molar-refractivity contribution in [2.24, 2.45) is 0 Å². The van der Waals surface area contributed by atoms with Gasteiger partial charge in [0.25, 0.3) is 5.91 Å². The Morgan fingerprint density at radius 3 is 1.94 bits per heavy atom. The number of alkyl carbamates (subject to hydrolysis) is 1. The number of benzene rings is 4. The first-order valence-corrected chi connectivity index (χ1v) is 22.5. The van der Waals surface area contributed by atoms with Crippen LogP contribution in [0.1, 0.15) is 102 Å². The second-order valence-electron chi connectivity index (χ2n) is 19.0. The number of anilines is 1. The van der Waals surface area contributed by atoms with E-state index in [1.54, 1.807) is 137 Å². The van der Waals surface area contributed by atoms with Crippen molar-refractivity contribution >= 4 is 52.2 Å². The first-order valence-electron chi connectivity index (χ1n) is 22.5. The maximum atomic E-state index is 16.2. The highest BCUT2D eigenvalue weighted by Crippen LogP contribution is 2.33. The number of rotatable bonds is 13. The first-order chi connectivity index (χ1) is 31.3. The van der Waals surface area contributed by atoms with Gasteiger partial charge in [0.15, 0.2) is 11.6 Å². The van der Waals surface area contributed by atoms with Crippen LogP contribution in [0.2, 0.25) is 0 Å². The molecule has 2 saturated heterocycles. The Kier molecular flexibility index (Phi) is 14.1. The molecule has 1 aromatic heterocycles. The smallest absolute Gasteiger partial charge is 0.408 e. The van der Waals surface area contributed by atoms with E-state index >= 15 is 4.39 Å². The molecule has 0 radical (unpaired) electrons. The number of nitrogens with one attached hydrogen (secondary N) is 3. The third-order valence-corrected chi connectivity index (χ3v) is 11.7. The lowest BCUT2D eigenvalue weighted by molar-refractivity contribution is -0.157. The van der Waals surface area contributed by atoms with Gasteiger partial charge in [-0.05, 0) is 108 Å². The van der Waals surface area contributed by atoms with Crippen LogP contribution in [0, 0.1) is 5.82 Å². The van der Waals surface area contributed by atoms with Gasteiger partial charge in [-0.2, -0.15) is 0 Å². The third kappa shape index (κ3) is 11.3. The molecule has 2 aliphatic heterocycles. The Labute approximate surface area is 384 Å². The fourth-order valence-corrected chi connectivity index (χ4v) is 8.76. The van der Waals surface area contributed by atoms with Gasteiger partial charge in [-0.1, -0.05) is 78.9 Å². The van der Waals surface area contributed by atoms with Gasteiger partial charge < -0.3 is 34.9 Å². The summed E-state index contributed by atoms with van der Waals surface area (Å²) in [6.45, 7) is 11.2. The molecule has 4 aromatic carbocycles. The number of carbonyl (C=O) groups excluding carboxylic acids is 6. The van der Waals surface area contributed by atoms with E-state index in [1.165, 1.54) is 4.90 Å². The summed E-state index contributed by atoms with van der Waals surface area (Å²) in [4.78, 5) is 87.7. The Balaban J connectivity index is 1.01. The molecule has 5 aromatic rings. The number of amides is 4. The second-order valence-corrected chi connectivity index (χ2v) is 19.0. The minimum absolute atomic E-state index is 0.0328. The molecular weight excluding hydrogens is 842 g/mol. The number of fused-ring (bicyclic) bond motifs is 1. The second kappa shape index (κ2) is 19.7. The fourth-order valence-electron chi connectivity index (χ4n) is 8.76. The number of hydrogen-bond donors (Lipinski definition) is 3. The van der Waals surface area contributed by atoms with Crippen LogP contribution < -0.4 is 10.6 Å². The Morgan fingerprint density at radius 2 is 1.32 bits per heavy atom. The lowest BCUT2D eigenvalue weighted by Gasteiger charge is -2.29. The van der Waals surface area contributed by atoms with E-state index in [1.807, 2.05) is 12.1 Å². The molecule has 0 bridgehead atoms. The van der Waals surface area contributed by atoms with Crippen LogP contribution in [0.5, 0.6) is 0 Å². The van der Waals surface area contributed by atoms with Crippen LogP contribution >= 0.6 is 0 Å². The predicted molar refractivity (Wildman–Crippen MR) is 249 cm³/mol. The molecule has 2 fully saturated rings. The van der Waals surface area contributed by atoms with Gasteiger partial charge in [0.2, 0.25) is 11.8 Å². The van der Waals surface area contributed by atoms with Crippen LogP contribution in [0.3, 0.4) is 0 Å². The molecule has 13 nitrogen and oxygen atoms in total. The summed E-state index contributed by atoms with van der Waals surface area (Å²) in [5.41, 5.74) is 2.05. The summed E-state index contributed by atoms with van der Waals surface area (Å²) in [5.74, 6) is -3.12. The lowest BCUT2D eigenvalue weighted by Crippen LogP contribution is -2.48. The van der Waals surface area contributed by atoms with E-state index < -0.39 is 59.0 Å². The molecule has 2 aliphatic rings. The number of hydrogen-bond acceptors (Lipinski definition) is 8. The third-order valence-electron chi connectivity index (χ3n) is 11.7. The van der Waals surface area contributed by atoms with Crippen LogP contribution in [0.25, 0.3) is 22.2 Å². The minimum Gasteiger partial charge on any atom is -0.460 e. The van der Waals surface area contributed by atoms with Crippen molar-refractivity contribution in [3.8, 4) is 11.3 Å². The highest BCUT2D eigenvalue weighted by atomic mass is 19.1. The van der Waals surface area contributed by atoms with E-state index in [4.69, 9.17) is 9.47 Å². The lowest BCUT2D eigenvalue weighted by atomic mass is 9.93. The van der Waals surface area contributed by atoms with E-state index in [0.29, 0.717) is 77.6 Å². The highest BCUT2D eigenvalue weighted by Gasteiger charge is 2.40. The number of esters is 1. The highest BCUT2D eigenvalue weighted by molar-refractivity contribution is 6.00. The monoisotopic (exact) mass is 899 g/mol. The summed E-state index contributed by atoms with van der Waals surface area (Å²) >= 11 is 0. The number of carbonyl (C=O) groups is 6. The normalized spacial score (nSPS) is 17.3. The zero-order chi connectivity index (χ0) is 47.3. The van der Waals surface area contributed by atoms with Gasteiger partial charge in [0, 0.05) is 41.7 Å². The average molecular weight is 900 g/mol. The summed E-state index contributed by atoms with van der Waals surface area (Å²) in [5, 5.41) is 5.93. The van der Waals surface area contributed by atoms with Crippen molar-refractivity contribution in [2.45, 2.75) is 115 Å². The zero-order valence-electron chi connectivity index (χ0n) is 38.3. The SMILES string of the molecule is CC(C)(C)OC(=O)C[C@H](C(=O)N1CCC[C@H]1C(=O)Nc1ccc(-c2[nH]c3ccc(CC(=O)[C@@H]4CCCN4C(=O)[C@@H](NC(=O)OC(C)(C)C)c4ccccc4)cc3c2F)cc1)c1ccccc1. The molecule has 66 heavy (non-hydrogen) atoms. The van der Waals surface area contributed by atoms with E-state index in [9.17, 15) is 28.8 Å². The van der Waals surface area contributed by atoms with Crippen molar-refractivity contribution < 1.29 is 42.6 Å². The minimum atomic E-state index is -1.06. The molecule has 4 amide bonds. The topological polar surface area (TPSA) is 167 Å². The van der Waals surface area contributed by atoms with Crippen molar-refractivity contribution in [3.63, 3.8) is 0 Å². The summed E-state index contributed by atoms with van der Waals surface area (Å²) in [7, 11) is 0. The Bertz CT molecular complexity index is 2580. The Hall–Kier alpha value is -6.83. The molecule has 0 saturated carbocycles. The van der Waals surface area contributed by atoms with Gasteiger partial charge in [-0.3, -0.25) is 24.0 Å². The Morgan fingerprint density at radius 1 is 0.727 bits per heavy atom. The molecule has 3 heterocycles. The van der Waals surface area contributed by atoms with E-state index in [2.05, 4.69) is 15.6 Å². The fraction of sp³-hybridized carbons (Fsp3) is 0.385. The molecule has 14 heteroatoms. The molecule has 0 unspecified atom stereocenters. The van der Waals surface area contributed by atoms with Crippen molar-refractivity contribution in [1.82, 2.24) is 20.1 Å². The van der Waals surface area contributed by atoms with E-state index in [0.717, 1.165) is 0 Å². The number of aromatic nitrogens is 1. The quantitative estimate of drug-likeness (QED) is 0.0987. The number of Topliss-reactive ketones (excluding diaryl/α,β-unsaturated/α-hetero) is 1. The molecular formula is C52H58FN5O8. The number of ketones is 1. The van der Waals surface area contributed by atoms with Crippen molar-refractivity contribution in [3.05, 3.63) is 126 Å². The van der Waals surface area contributed by atoms with Crippen LogP contribution in [0.15, 0.2) is 103 Å². The molecule has 0 aliphatic carbocycles. The largest absolute Gasteiger partial charge is 0.460 e. The van der Waals surface area contributed by atoms with Crippen LogP contribution in [0.4, 0.5) is 14.9 Å². The van der Waals surface area contributed by atoms with Gasteiger partial charge in [0.1, 0.15) is 23.3 Å². The molecule has 3 N–H and O–H groups in total. The number of halogens is 1. The maximum absolute atomic E-state index is 16.2. The number of ether oxygens (including phenoxy) is 2. The summed E-state index contributed by atoms with van der Waals surface area (Å²) in [6, 6.07) is 27.1. The maximum Gasteiger partial charge on any atom is 0.408 e. The van der Waals surface area contributed by atoms with E-state index in [-0.39, 0.29) is 36.1 Å².